The van der Waals surface area contributed by atoms with Gasteiger partial charge in [-0.15, -0.1) is 11.3 Å². The highest BCUT2D eigenvalue weighted by atomic mass is 79.9. The Labute approximate surface area is 129 Å². The zero-order chi connectivity index (χ0) is 13.8. The Bertz CT molecular complexity index is 391. The van der Waals surface area contributed by atoms with Crippen LogP contribution >= 0.6 is 27.3 Å². The minimum Gasteiger partial charge on any atom is -0.326 e. The molecule has 2 heterocycles. The number of hydrogen-bond acceptors (Lipinski definition) is 3. The molecular weight excluding hydrogens is 320 g/mol. The van der Waals surface area contributed by atoms with Gasteiger partial charge in [0.1, 0.15) is 0 Å². The number of halogens is 1. The molecule has 1 aromatic heterocycles. The first-order chi connectivity index (χ1) is 9.13. The van der Waals surface area contributed by atoms with Crippen LogP contribution in [0.1, 0.15) is 56.9 Å². The number of nitrogens with zero attached hydrogens (tertiary/aromatic N) is 1. The van der Waals surface area contributed by atoms with Gasteiger partial charge in [-0.1, -0.05) is 19.8 Å². The van der Waals surface area contributed by atoms with E-state index in [0.29, 0.717) is 12.1 Å². The second-order valence-electron chi connectivity index (χ2n) is 5.62. The molecule has 0 amide bonds. The monoisotopic (exact) mass is 344 g/mol. The largest absolute Gasteiger partial charge is 0.326 e. The summed E-state index contributed by atoms with van der Waals surface area (Å²) in [6.07, 6.45) is 6.61. The van der Waals surface area contributed by atoms with Crippen molar-refractivity contribution < 1.29 is 0 Å². The number of likely N-dealkylation sites (tertiary alicyclic amines) is 1. The summed E-state index contributed by atoms with van der Waals surface area (Å²) in [7, 11) is 0. The second kappa shape index (κ2) is 7.21. The van der Waals surface area contributed by atoms with Crippen LogP contribution in [0, 0.1) is 0 Å². The van der Waals surface area contributed by atoms with Crippen molar-refractivity contribution in [1.82, 2.24) is 4.90 Å². The zero-order valence-corrected chi connectivity index (χ0v) is 14.3. The fourth-order valence-corrected chi connectivity index (χ4v) is 4.89. The van der Waals surface area contributed by atoms with Gasteiger partial charge in [-0.25, -0.2) is 0 Å². The summed E-state index contributed by atoms with van der Waals surface area (Å²) in [6.45, 7) is 5.65. The highest BCUT2D eigenvalue weighted by molar-refractivity contribution is 9.10. The van der Waals surface area contributed by atoms with Crippen LogP contribution in [0.3, 0.4) is 0 Å². The summed E-state index contributed by atoms with van der Waals surface area (Å²) in [6, 6.07) is 3.49. The van der Waals surface area contributed by atoms with Gasteiger partial charge in [-0.3, -0.25) is 4.90 Å². The zero-order valence-electron chi connectivity index (χ0n) is 11.9. The van der Waals surface area contributed by atoms with E-state index < -0.39 is 0 Å². The molecule has 0 aromatic carbocycles. The van der Waals surface area contributed by atoms with Gasteiger partial charge in [0.15, 0.2) is 0 Å². The molecule has 2 rings (SSSR count). The first-order valence-electron chi connectivity index (χ1n) is 7.38. The Morgan fingerprint density at radius 2 is 2.26 bits per heavy atom. The van der Waals surface area contributed by atoms with Gasteiger partial charge in [0.2, 0.25) is 0 Å². The van der Waals surface area contributed by atoms with E-state index in [4.69, 9.17) is 5.73 Å². The first-order valence-corrected chi connectivity index (χ1v) is 9.06. The molecule has 1 fully saturated rings. The normalized spacial score (nSPS) is 24.9. The van der Waals surface area contributed by atoms with Gasteiger partial charge in [0.05, 0.1) is 6.04 Å². The Balaban J connectivity index is 2.25. The van der Waals surface area contributed by atoms with Gasteiger partial charge < -0.3 is 5.73 Å². The van der Waals surface area contributed by atoms with Gasteiger partial charge >= 0.3 is 0 Å². The van der Waals surface area contributed by atoms with E-state index in [1.165, 1.54) is 48.0 Å². The summed E-state index contributed by atoms with van der Waals surface area (Å²) in [5.41, 5.74) is 6.33. The molecule has 0 spiro atoms. The lowest BCUT2D eigenvalue weighted by Gasteiger charge is -2.38. The lowest BCUT2D eigenvalue weighted by atomic mass is 10.0. The number of thiophene rings is 1. The van der Waals surface area contributed by atoms with Crippen molar-refractivity contribution in [1.29, 1.82) is 0 Å². The van der Waals surface area contributed by atoms with Crippen molar-refractivity contribution in [2.75, 3.05) is 6.54 Å². The maximum Gasteiger partial charge on any atom is 0.0593 e. The van der Waals surface area contributed by atoms with E-state index in [1.807, 2.05) is 11.3 Å². The van der Waals surface area contributed by atoms with Crippen LogP contribution in [0.25, 0.3) is 0 Å². The number of rotatable bonds is 4. The van der Waals surface area contributed by atoms with E-state index in [1.54, 1.807) is 0 Å². The summed E-state index contributed by atoms with van der Waals surface area (Å²) >= 11 is 5.40. The molecular formula is C15H25BrN2S. The maximum atomic E-state index is 6.33. The number of hydrogen-bond donors (Lipinski definition) is 1. The standard InChI is InChI=1S/C15H25BrN2S/c1-3-13-7-5-4-6-8-18(13)15(11(2)17)14-9-12(16)10-19-14/h9-11,13,15H,3-8,17H2,1-2H3. The topological polar surface area (TPSA) is 29.3 Å². The Morgan fingerprint density at radius 3 is 2.84 bits per heavy atom. The average molecular weight is 345 g/mol. The van der Waals surface area contributed by atoms with Gasteiger partial charge in [-0.05, 0) is 54.7 Å². The van der Waals surface area contributed by atoms with Crippen molar-refractivity contribution in [2.24, 2.45) is 5.73 Å². The Morgan fingerprint density at radius 1 is 1.47 bits per heavy atom. The van der Waals surface area contributed by atoms with Crippen molar-refractivity contribution in [3.63, 3.8) is 0 Å². The quantitative estimate of drug-likeness (QED) is 0.867. The van der Waals surface area contributed by atoms with Crippen molar-refractivity contribution in [3.8, 4) is 0 Å². The molecule has 0 radical (unpaired) electrons. The third-order valence-corrected chi connectivity index (χ3v) is 5.89. The van der Waals surface area contributed by atoms with E-state index in [0.717, 1.165) is 0 Å². The minimum atomic E-state index is 0.178. The molecule has 19 heavy (non-hydrogen) atoms. The first kappa shape index (κ1) is 15.5. The molecule has 0 saturated carbocycles. The van der Waals surface area contributed by atoms with Crippen molar-refractivity contribution in [3.05, 3.63) is 20.8 Å². The molecule has 2 nitrogen and oxygen atoms in total. The molecule has 1 aromatic rings. The fraction of sp³-hybridized carbons (Fsp3) is 0.733. The van der Waals surface area contributed by atoms with Crippen LogP contribution < -0.4 is 5.73 Å². The van der Waals surface area contributed by atoms with Crippen LogP contribution in [0.4, 0.5) is 0 Å². The summed E-state index contributed by atoms with van der Waals surface area (Å²) in [5.74, 6) is 0. The third kappa shape index (κ3) is 3.81. The van der Waals surface area contributed by atoms with Crippen LogP contribution in [-0.4, -0.2) is 23.5 Å². The summed E-state index contributed by atoms with van der Waals surface area (Å²) in [4.78, 5) is 4.08. The average Bonchev–Trinajstić information content (AvgIpc) is 2.65. The molecule has 108 valence electrons. The van der Waals surface area contributed by atoms with Crippen LogP contribution in [0.5, 0.6) is 0 Å². The number of nitrogens with two attached hydrogens (primary N) is 1. The lowest BCUT2D eigenvalue weighted by molar-refractivity contribution is 0.119. The van der Waals surface area contributed by atoms with Crippen LogP contribution in [-0.2, 0) is 0 Å². The summed E-state index contributed by atoms with van der Waals surface area (Å²) < 4.78 is 1.18. The van der Waals surface area contributed by atoms with E-state index in [9.17, 15) is 0 Å². The van der Waals surface area contributed by atoms with Gasteiger partial charge in [0, 0.05) is 26.8 Å². The molecule has 1 aliphatic rings. The van der Waals surface area contributed by atoms with E-state index >= 15 is 0 Å². The molecule has 0 bridgehead atoms. The predicted molar refractivity (Wildman–Crippen MR) is 87.7 cm³/mol. The summed E-state index contributed by atoms with van der Waals surface area (Å²) in [5, 5.41) is 2.17. The van der Waals surface area contributed by atoms with Crippen molar-refractivity contribution >= 4 is 27.3 Å². The molecule has 0 aliphatic carbocycles. The van der Waals surface area contributed by atoms with E-state index in [2.05, 4.69) is 46.1 Å². The minimum absolute atomic E-state index is 0.178. The van der Waals surface area contributed by atoms with Crippen LogP contribution in [0.2, 0.25) is 0 Å². The Hall–Kier alpha value is 0.1000. The fourth-order valence-electron chi connectivity index (χ4n) is 3.21. The van der Waals surface area contributed by atoms with Gasteiger partial charge in [-0.2, -0.15) is 0 Å². The molecule has 3 unspecified atom stereocenters. The molecule has 2 N–H and O–H groups in total. The Kier molecular flexibility index (Phi) is 5.87. The van der Waals surface area contributed by atoms with Crippen molar-refractivity contribution in [2.45, 2.75) is 64.1 Å². The predicted octanol–water partition coefficient (Wildman–Crippen LogP) is 4.55. The molecule has 1 saturated heterocycles. The maximum absolute atomic E-state index is 6.33. The molecule has 3 atom stereocenters. The highest BCUT2D eigenvalue weighted by Gasteiger charge is 2.30. The molecule has 4 heteroatoms. The second-order valence-corrected chi connectivity index (χ2v) is 7.48. The van der Waals surface area contributed by atoms with Gasteiger partial charge in [0.25, 0.3) is 0 Å². The highest BCUT2D eigenvalue weighted by Crippen LogP contribution is 2.35. The van der Waals surface area contributed by atoms with E-state index in [-0.39, 0.29) is 6.04 Å². The molecule has 1 aliphatic heterocycles. The van der Waals surface area contributed by atoms with Crippen LogP contribution in [0.15, 0.2) is 15.9 Å². The third-order valence-electron chi connectivity index (χ3n) is 4.13. The lowest BCUT2D eigenvalue weighted by Crippen LogP contribution is -2.44. The smallest absolute Gasteiger partial charge is 0.0593 e. The SMILES string of the molecule is CCC1CCCCCN1C(c1cc(Br)cs1)C(C)N.